The third kappa shape index (κ3) is 4.87. The number of nitro benzene ring substituents is 1. The number of benzene rings is 2. The molecule has 1 saturated heterocycles. The largest absolute Gasteiger partial charge is 0.371 e. The number of hydrogen-bond donors (Lipinski definition) is 1. The number of amides is 1. The average molecular weight is 373 g/mol. The molecule has 0 aromatic heterocycles. The number of halogens is 1. The predicted molar refractivity (Wildman–Crippen MR) is 98.0 cm³/mol. The van der Waals surface area contributed by atoms with E-state index in [-0.39, 0.29) is 30.1 Å². The van der Waals surface area contributed by atoms with Gasteiger partial charge in [0.1, 0.15) is 5.82 Å². The average Bonchev–Trinajstić information content (AvgIpc) is 2.64. The van der Waals surface area contributed by atoms with Crippen LogP contribution in [0.1, 0.15) is 17.2 Å². The molecule has 0 radical (unpaired) electrons. The molecule has 1 aliphatic heterocycles. The minimum atomic E-state index is -0.496. The Hall–Kier alpha value is -2.84. The van der Waals surface area contributed by atoms with Crippen LogP contribution in [0.15, 0.2) is 42.5 Å². The number of morpholine rings is 1. The Labute approximate surface area is 155 Å². The van der Waals surface area contributed by atoms with Crippen LogP contribution in [-0.4, -0.2) is 42.0 Å². The van der Waals surface area contributed by atoms with Crippen molar-refractivity contribution in [2.75, 3.05) is 31.6 Å². The fourth-order valence-corrected chi connectivity index (χ4v) is 2.98. The number of nitrogens with one attached hydrogen (secondary N) is 1. The molecule has 0 saturated carbocycles. The number of nitro groups is 1. The van der Waals surface area contributed by atoms with E-state index >= 15 is 0 Å². The lowest BCUT2D eigenvalue weighted by Crippen LogP contribution is -2.42. The van der Waals surface area contributed by atoms with Gasteiger partial charge in [0.2, 0.25) is 5.91 Å². The second-order valence-corrected chi connectivity index (χ2v) is 6.45. The van der Waals surface area contributed by atoms with Gasteiger partial charge in [0.05, 0.1) is 29.9 Å². The lowest BCUT2D eigenvalue weighted by molar-refractivity contribution is -0.384. The van der Waals surface area contributed by atoms with Crippen molar-refractivity contribution in [2.24, 2.45) is 0 Å². The Kier molecular flexibility index (Phi) is 5.78. The highest BCUT2D eigenvalue weighted by Crippen LogP contribution is 2.24. The third-order valence-corrected chi connectivity index (χ3v) is 4.47. The fraction of sp³-hybridized carbons (Fsp3) is 0.316. The predicted octanol–water partition coefficient (Wildman–Crippen LogP) is 3.05. The molecule has 7 nitrogen and oxygen atoms in total. The first-order valence-corrected chi connectivity index (χ1v) is 8.56. The van der Waals surface area contributed by atoms with Crippen molar-refractivity contribution in [3.05, 3.63) is 69.5 Å². The molecule has 142 valence electrons. The highest BCUT2D eigenvalue weighted by atomic mass is 19.1. The normalized spacial score (nSPS) is 17.5. The van der Waals surface area contributed by atoms with E-state index in [9.17, 15) is 19.3 Å². The first-order valence-electron chi connectivity index (χ1n) is 8.56. The van der Waals surface area contributed by atoms with Crippen LogP contribution in [-0.2, 0) is 9.53 Å². The van der Waals surface area contributed by atoms with Crippen LogP contribution < -0.4 is 5.32 Å². The van der Waals surface area contributed by atoms with Gasteiger partial charge >= 0.3 is 0 Å². The first kappa shape index (κ1) is 18.9. The Morgan fingerprint density at radius 3 is 2.78 bits per heavy atom. The number of hydrogen-bond acceptors (Lipinski definition) is 5. The van der Waals surface area contributed by atoms with Gasteiger partial charge in [0.15, 0.2) is 0 Å². The summed E-state index contributed by atoms with van der Waals surface area (Å²) in [5.41, 5.74) is 1.97. The molecule has 0 bridgehead atoms. The van der Waals surface area contributed by atoms with E-state index in [0.29, 0.717) is 25.4 Å². The molecular formula is C19H20FN3O4. The number of non-ortho nitro benzene ring substituents is 1. The molecular weight excluding hydrogens is 353 g/mol. The number of nitrogens with zero attached hydrogens (tertiary/aromatic N) is 2. The number of carbonyl (C=O) groups excluding carboxylic acids is 1. The lowest BCUT2D eigenvalue weighted by atomic mass is 10.1. The minimum absolute atomic E-state index is 0.0707. The summed E-state index contributed by atoms with van der Waals surface area (Å²) in [5.74, 6) is -0.559. The maximum absolute atomic E-state index is 13.1. The summed E-state index contributed by atoms with van der Waals surface area (Å²) in [6, 6.07) is 10.5. The van der Waals surface area contributed by atoms with Crippen molar-refractivity contribution >= 4 is 17.3 Å². The van der Waals surface area contributed by atoms with E-state index in [4.69, 9.17) is 4.74 Å². The topological polar surface area (TPSA) is 84.7 Å². The molecule has 3 rings (SSSR count). The first-order chi connectivity index (χ1) is 12.9. The van der Waals surface area contributed by atoms with Gasteiger partial charge in [-0.3, -0.25) is 19.8 Å². The van der Waals surface area contributed by atoms with Gasteiger partial charge in [-0.15, -0.1) is 0 Å². The maximum atomic E-state index is 13.1. The zero-order valence-electron chi connectivity index (χ0n) is 14.9. The van der Waals surface area contributed by atoms with Gasteiger partial charge in [-0.1, -0.05) is 18.2 Å². The molecule has 1 N–H and O–H groups in total. The van der Waals surface area contributed by atoms with Crippen molar-refractivity contribution in [1.29, 1.82) is 0 Å². The molecule has 2 aromatic rings. The highest BCUT2D eigenvalue weighted by molar-refractivity contribution is 5.93. The molecule has 0 aliphatic carbocycles. The van der Waals surface area contributed by atoms with E-state index in [1.54, 1.807) is 25.1 Å². The van der Waals surface area contributed by atoms with Gasteiger partial charge in [0.25, 0.3) is 5.69 Å². The van der Waals surface area contributed by atoms with E-state index < -0.39 is 4.92 Å². The zero-order chi connectivity index (χ0) is 19.4. The van der Waals surface area contributed by atoms with Crippen molar-refractivity contribution in [1.82, 2.24) is 4.90 Å². The molecule has 1 unspecified atom stereocenters. The number of aryl methyl sites for hydroxylation is 1. The fourth-order valence-electron chi connectivity index (χ4n) is 2.98. The standard InChI is InChI=1S/C19H20FN3O4/c1-13-2-7-16(23(25)26)10-17(13)21-19(24)12-22-8-9-27-18(11-22)14-3-5-15(20)6-4-14/h2-7,10,18H,8-9,11-12H2,1H3,(H,21,24). The van der Waals surface area contributed by atoms with Gasteiger partial charge in [-0.2, -0.15) is 0 Å². The van der Waals surface area contributed by atoms with Crippen molar-refractivity contribution < 1.29 is 18.8 Å². The summed E-state index contributed by atoms with van der Waals surface area (Å²) in [5, 5.41) is 13.6. The van der Waals surface area contributed by atoms with Crippen LogP contribution in [0.4, 0.5) is 15.8 Å². The molecule has 1 heterocycles. The molecule has 27 heavy (non-hydrogen) atoms. The van der Waals surface area contributed by atoms with E-state index in [2.05, 4.69) is 5.32 Å². The van der Waals surface area contributed by atoms with Crippen LogP contribution in [0.25, 0.3) is 0 Å². The number of ether oxygens (including phenoxy) is 1. The summed E-state index contributed by atoms with van der Waals surface area (Å²) in [7, 11) is 0. The van der Waals surface area contributed by atoms with E-state index in [1.165, 1.54) is 24.3 Å². The quantitative estimate of drug-likeness (QED) is 0.643. The van der Waals surface area contributed by atoms with Crippen LogP contribution in [0.3, 0.4) is 0 Å². The summed E-state index contributed by atoms with van der Waals surface area (Å²) < 4.78 is 18.8. The third-order valence-electron chi connectivity index (χ3n) is 4.47. The highest BCUT2D eigenvalue weighted by Gasteiger charge is 2.24. The van der Waals surface area contributed by atoms with Gasteiger partial charge in [0, 0.05) is 25.2 Å². The molecule has 0 spiro atoms. The van der Waals surface area contributed by atoms with Gasteiger partial charge in [-0.25, -0.2) is 4.39 Å². The van der Waals surface area contributed by atoms with Crippen LogP contribution in [0.5, 0.6) is 0 Å². The van der Waals surface area contributed by atoms with Crippen LogP contribution in [0.2, 0.25) is 0 Å². The Morgan fingerprint density at radius 1 is 1.33 bits per heavy atom. The van der Waals surface area contributed by atoms with E-state index in [1.807, 2.05) is 4.90 Å². The monoisotopic (exact) mass is 373 g/mol. The summed E-state index contributed by atoms with van der Waals surface area (Å²) in [4.78, 5) is 24.7. The summed E-state index contributed by atoms with van der Waals surface area (Å²) in [6.07, 6.45) is -0.230. The van der Waals surface area contributed by atoms with Gasteiger partial charge in [-0.05, 0) is 30.2 Å². The molecule has 8 heteroatoms. The Morgan fingerprint density at radius 2 is 2.07 bits per heavy atom. The Bertz CT molecular complexity index is 841. The summed E-state index contributed by atoms with van der Waals surface area (Å²) in [6.45, 7) is 3.49. The molecule has 1 atom stereocenters. The smallest absolute Gasteiger partial charge is 0.271 e. The van der Waals surface area contributed by atoms with Gasteiger partial charge < -0.3 is 10.1 Å². The SMILES string of the molecule is Cc1ccc([N+](=O)[O-])cc1NC(=O)CN1CCOC(c2ccc(F)cc2)C1. The second-order valence-electron chi connectivity index (χ2n) is 6.45. The van der Waals surface area contributed by atoms with Crippen molar-refractivity contribution in [2.45, 2.75) is 13.0 Å². The number of rotatable bonds is 5. The second kappa shape index (κ2) is 8.24. The molecule has 1 aliphatic rings. The van der Waals surface area contributed by atoms with Crippen molar-refractivity contribution in [3.8, 4) is 0 Å². The minimum Gasteiger partial charge on any atom is -0.371 e. The van der Waals surface area contributed by atoms with Crippen LogP contribution >= 0.6 is 0 Å². The number of carbonyl (C=O) groups is 1. The molecule has 1 amide bonds. The molecule has 2 aromatic carbocycles. The Balaban J connectivity index is 1.61. The lowest BCUT2D eigenvalue weighted by Gasteiger charge is -2.32. The summed E-state index contributed by atoms with van der Waals surface area (Å²) >= 11 is 0. The molecule has 1 fully saturated rings. The number of anilines is 1. The van der Waals surface area contributed by atoms with E-state index in [0.717, 1.165) is 11.1 Å². The van der Waals surface area contributed by atoms with Crippen molar-refractivity contribution in [3.63, 3.8) is 0 Å². The van der Waals surface area contributed by atoms with Crippen LogP contribution in [0, 0.1) is 22.9 Å². The zero-order valence-corrected chi connectivity index (χ0v) is 14.9. The maximum Gasteiger partial charge on any atom is 0.271 e.